The predicted molar refractivity (Wildman–Crippen MR) is 81.1 cm³/mol. The van der Waals surface area contributed by atoms with Crippen LogP contribution in [0.25, 0.3) is 0 Å². The van der Waals surface area contributed by atoms with Crippen LogP contribution in [-0.2, 0) is 0 Å². The first kappa shape index (κ1) is 14.8. The van der Waals surface area contributed by atoms with Crippen LogP contribution < -0.4 is 15.5 Å². The minimum absolute atomic E-state index is 0.137. The number of pyridine rings is 1. The Morgan fingerprint density at radius 1 is 1.60 bits per heavy atom. The number of piperidine rings is 1. The van der Waals surface area contributed by atoms with Crippen molar-refractivity contribution in [2.24, 2.45) is 5.92 Å². The molecule has 2 rings (SSSR count). The summed E-state index contributed by atoms with van der Waals surface area (Å²) >= 11 is 0. The lowest BCUT2D eigenvalue weighted by atomic mass is 9.99. The van der Waals surface area contributed by atoms with Gasteiger partial charge in [-0.25, -0.2) is 0 Å². The van der Waals surface area contributed by atoms with Gasteiger partial charge in [-0.3, -0.25) is 9.78 Å². The summed E-state index contributed by atoms with van der Waals surface area (Å²) in [5.74, 6) is 0.544. The van der Waals surface area contributed by atoms with E-state index >= 15 is 0 Å². The summed E-state index contributed by atoms with van der Waals surface area (Å²) in [6, 6.07) is 3.85. The maximum atomic E-state index is 11.7. The number of hydrogen-bond donors (Lipinski definition) is 2. The normalized spacial score (nSPS) is 18.6. The highest BCUT2D eigenvalue weighted by Crippen LogP contribution is 2.19. The van der Waals surface area contributed by atoms with Crippen LogP contribution in [0.2, 0.25) is 0 Å². The van der Waals surface area contributed by atoms with Crippen molar-refractivity contribution in [2.45, 2.75) is 19.8 Å². The fraction of sp³-hybridized carbons (Fsp3) is 0.600. The third-order valence-corrected chi connectivity index (χ3v) is 3.83. The molecule has 110 valence electrons. The Morgan fingerprint density at radius 3 is 3.10 bits per heavy atom. The number of anilines is 1. The fourth-order valence-corrected chi connectivity index (χ4v) is 2.68. The van der Waals surface area contributed by atoms with Gasteiger partial charge in [0.15, 0.2) is 0 Å². The highest BCUT2D eigenvalue weighted by Gasteiger charge is 2.17. The first-order valence-corrected chi connectivity index (χ1v) is 7.38. The lowest BCUT2D eigenvalue weighted by Crippen LogP contribution is -2.38. The van der Waals surface area contributed by atoms with Gasteiger partial charge in [-0.2, -0.15) is 0 Å². The molecule has 0 aliphatic carbocycles. The van der Waals surface area contributed by atoms with Crippen molar-refractivity contribution >= 4 is 11.6 Å². The molecule has 0 spiro atoms. The van der Waals surface area contributed by atoms with E-state index in [1.165, 1.54) is 12.8 Å². The van der Waals surface area contributed by atoms with Gasteiger partial charge in [0, 0.05) is 32.0 Å². The standard InChI is InChI=1S/C15H24N4O/c1-3-19(11-12-5-4-7-17-10-12)13-6-8-18-14(9-13)15(20)16-2/h6,8-9,12,17H,3-5,7,10-11H2,1-2H3,(H,16,20). The Bertz CT molecular complexity index is 443. The summed E-state index contributed by atoms with van der Waals surface area (Å²) in [5.41, 5.74) is 1.55. The molecule has 0 saturated carbocycles. The van der Waals surface area contributed by atoms with Crippen molar-refractivity contribution in [2.75, 3.05) is 38.1 Å². The molecule has 20 heavy (non-hydrogen) atoms. The van der Waals surface area contributed by atoms with E-state index in [0.717, 1.165) is 31.9 Å². The van der Waals surface area contributed by atoms with E-state index in [4.69, 9.17) is 0 Å². The van der Waals surface area contributed by atoms with Gasteiger partial charge in [-0.15, -0.1) is 0 Å². The zero-order valence-electron chi connectivity index (χ0n) is 12.4. The molecular formula is C15H24N4O. The second kappa shape index (κ2) is 7.24. The van der Waals surface area contributed by atoms with E-state index in [9.17, 15) is 4.79 Å². The van der Waals surface area contributed by atoms with E-state index in [-0.39, 0.29) is 5.91 Å². The summed E-state index contributed by atoms with van der Waals surface area (Å²) in [4.78, 5) is 18.1. The second-order valence-electron chi connectivity index (χ2n) is 5.23. The molecule has 1 atom stereocenters. The minimum Gasteiger partial charge on any atom is -0.371 e. The van der Waals surface area contributed by atoms with Gasteiger partial charge in [-0.05, 0) is 50.9 Å². The molecule has 5 heteroatoms. The third-order valence-electron chi connectivity index (χ3n) is 3.83. The van der Waals surface area contributed by atoms with Crippen LogP contribution in [0.4, 0.5) is 5.69 Å². The molecule has 1 aliphatic rings. The molecule has 1 fully saturated rings. The van der Waals surface area contributed by atoms with Gasteiger partial charge < -0.3 is 15.5 Å². The van der Waals surface area contributed by atoms with E-state index in [1.807, 2.05) is 12.1 Å². The molecular weight excluding hydrogens is 252 g/mol. The maximum Gasteiger partial charge on any atom is 0.269 e. The van der Waals surface area contributed by atoms with Crippen molar-refractivity contribution in [3.8, 4) is 0 Å². The lowest BCUT2D eigenvalue weighted by molar-refractivity contribution is 0.0958. The summed E-state index contributed by atoms with van der Waals surface area (Å²) in [6.45, 7) is 6.34. The molecule has 1 aromatic heterocycles. The largest absolute Gasteiger partial charge is 0.371 e. The Morgan fingerprint density at radius 2 is 2.45 bits per heavy atom. The van der Waals surface area contributed by atoms with Crippen LogP contribution in [0.1, 0.15) is 30.3 Å². The van der Waals surface area contributed by atoms with Gasteiger partial charge in [-0.1, -0.05) is 0 Å². The van der Waals surface area contributed by atoms with E-state index in [0.29, 0.717) is 11.6 Å². The fourth-order valence-electron chi connectivity index (χ4n) is 2.68. The molecule has 2 N–H and O–H groups in total. The zero-order chi connectivity index (χ0) is 14.4. The Balaban J connectivity index is 2.08. The van der Waals surface area contributed by atoms with E-state index < -0.39 is 0 Å². The van der Waals surface area contributed by atoms with Crippen molar-refractivity contribution < 1.29 is 4.79 Å². The van der Waals surface area contributed by atoms with Crippen LogP contribution >= 0.6 is 0 Å². The van der Waals surface area contributed by atoms with Crippen LogP contribution in [0.15, 0.2) is 18.3 Å². The first-order chi connectivity index (χ1) is 9.74. The number of nitrogens with zero attached hydrogens (tertiary/aromatic N) is 2. The van der Waals surface area contributed by atoms with E-state index in [1.54, 1.807) is 13.2 Å². The summed E-state index contributed by atoms with van der Waals surface area (Å²) in [5, 5.41) is 6.07. The Kier molecular flexibility index (Phi) is 5.35. The van der Waals surface area contributed by atoms with Crippen LogP contribution in [0, 0.1) is 5.92 Å². The quantitative estimate of drug-likeness (QED) is 0.850. The number of rotatable bonds is 5. The molecule has 1 unspecified atom stereocenters. The smallest absolute Gasteiger partial charge is 0.269 e. The minimum atomic E-state index is -0.137. The molecule has 5 nitrogen and oxygen atoms in total. The number of carbonyl (C=O) groups excluding carboxylic acids is 1. The van der Waals surface area contributed by atoms with Gasteiger partial charge in [0.25, 0.3) is 5.91 Å². The van der Waals surface area contributed by atoms with Gasteiger partial charge in [0.05, 0.1) is 0 Å². The second-order valence-corrected chi connectivity index (χ2v) is 5.23. The van der Waals surface area contributed by atoms with Gasteiger partial charge >= 0.3 is 0 Å². The topological polar surface area (TPSA) is 57.3 Å². The molecule has 1 amide bonds. The summed E-state index contributed by atoms with van der Waals surface area (Å²) in [6.07, 6.45) is 4.24. The van der Waals surface area contributed by atoms with Crippen molar-refractivity contribution in [1.82, 2.24) is 15.6 Å². The SMILES string of the molecule is CCN(CC1CCCNC1)c1ccnc(C(=O)NC)c1. The Hall–Kier alpha value is -1.62. The van der Waals surface area contributed by atoms with E-state index in [2.05, 4.69) is 27.4 Å². The summed E-state index contributed by atoms with van der Waals surface area (Å²) < 4.78 is 0. The molecule has 1 aromatic rings. The van der Waals surface area contributed by atoms with Crippen LogP contribution in [-0.4, -0.2) is 44.1 Å². The number of hydrogen-bond acceptors (Lipinski definition) is 4. The van der Waals surface area contributed by atoms with Gasteiger partial charge in [0.2, 0.25) is 0 Å². The van der Waals surface area contributed by atoms with Crippen molar-refractivity contribution in [3.05, 3.63) is 24.0 Å². The maximum absolute atomic E-state index is 11.7. The molecule has 0 radical (unpaired) electrons. The average Bonchev–Trinajstić information content (AvgIpc) is 2.53. The zero-order valence-corrected chi connectivity index (χ0v) is 12.4. The highest BCUT2D eigenvalue weighted by atomic mass is 16.1. The third kappa shape index (κ3) is 3.70. The predicted octanol–water partition coefficient (Wildman–Crippen LogP) is 1.27. The highest BCUT2D eigenvalue weighted by molar-refractivity contribution is 5.92. The number of carbonyl (C=O) groups is 1. The lowest BCUT2D eigenvalue weighted by Gasteiger charge is -2.31. The van der Waals surface area contributed by atoms with Crippen LogP contribution in [0.3, 0.4) is 0 Å². The molecule has 2 heterocycles. The monoisotopic (exact) mass is 276 g/mol. The molecule has 0 bridgehead atoms. The number of aromatic nitrogens is 1. The molecule has 1 saturated heterocycles. The average molecular weight is 276 g/mol. The molecule has 1 aliphatic heterocycles. The Labute approximate surface area is 120 Å². The number of amides is 1. The van der Waals surface area contributed by atoms with Crippen molar-refractivity contribution in [1.29, 1.82) is 0 Å². The first-order valence-electron chi connectivity index (χ1n) is 7.38. The van der Waals surface area contributed by atoms with Crippen LogP contribution in [0.5, 0.6) is 0 Å². The summed E-state index contributed by atoms with van der Waals surface area (Å²) in [7, 11) is 1.63. The van der Waals surface area contributed by atoms with Crippen molar-refractivity contribution in [3.63, 3.8) is 0 Å². The molecule has 0 aromatic carbocycles. The number of nitrogens with one attached hydrogen (secondary N) is 2. The van der Waals surface area contributed by atoms with Gasteiger partial charge in [0.1, 0.15) is 5.69 Å².